The predicted octanol–water partition coefficient (Wildman–Crippen LogP) is 5.01. The number of amides is 1. The second-order valence-electron chi connectivity index (χ2n) is 11.0. The summed E-state index contributed by atoms with van der Waals surface area (Å²) in [5, 5.41) is 10.8. The van der Waals surface area contributed by atoms with Gasteiger partial charge in [-0.2, -0.15) is 0 Å². The first-order valence-electron chi connectivity index (χ1n) is 13.8. The van der Waals surface area contributed by atoms with Gasteiger partial charge in [0.2, 0.25) is 15.9 Å². The highest BCUT2D eigenvalue weighted by atomic mass is 35.5. The number of fused-ring (bicyclic) bond motifs is 2. The second-order valence-corrected chi connectivity index (χ2v) is 13.1. The lowest BCUT2D eigenvalue weighted by molar-refractivity contribution is -0.122. The maximum Gasteiger partial charge on any atom is 0.243 e. The van der Waals surface area contributed by atoms with Gasteiger partial charge in [-0.1, -0.05) is 67.9 Å². The van der Waals surface area contributed by atoms with Gasteiger partial charge in [-0.3, -0.25) is 4.79 Å². The van der Waals surface area contributed by atoms with Gasteiger partial charge in [-0.05, 0) is 52.6 Å². The highest BCUT2D eigenvalue weighted by Gasteiger charge is 2.29. The second kappa shape index (κ2) is 12.8. The van der Waals surface area contributed by atoms with Crippen LogP contribution < -0.4 is 14.8 Å². The normalized spacial score (nSPS) is 15.9. The van der Waals surface area contributed by atoms with Gasteiger partial charge in [0.25, 0.3) is 0 Å². The molecule has 0 spiro atoms. The Morgan fingerprint density at radius 1 is 1.10 bits per heavy atom. The van der Waals surface area contributed by atoms with Crippen molar-refractivity contribution >= 4 is 38.6 Å². The Balaban J connectivity index is 1.33. The Labute approximate surface area is 250 Å². The number of rotatable bonds is 11. The van der Waals surface area contributed by atoms with Crippen LogP contribution in [0.3, 0.4) is 0 Å². The van der Waals surface area contributed by atoms with Crippen LogP contribution in [0.2, 0.25) is 5.02 Å². The Morgan fingerprint density at radius 3 is 2.62 bits per heavy atom. The Morgan fingerprint density at radius 2 is 1.86 bits per heavy atom. The molecule has 2 N–H and O–H groups in total. The number of nitrogens with one attached hydrogen (secondary N) is 2. The van der Waals surface area contributed by atoms with Crippen LogP contribution in [-0.4, -0.2) is 49.7 Å². The smallest absolute Gasteiger partial charge is 0.243 e. The monoisotopic (exact) mass is 611 g/mol. The summed E-state index contributed by atoms with van der Waals surface area (Å²) in [6.45, 7) is 6.64. The molecule has 12 heteroatoms. The predicted molar refractivity (Wildman–Crippen MR) is 160 cm³/mol. The summed E-state index contributed by atoms with van der Waals surface area (Å²) in [7, 11) is -2.05. The molecule has 1 aliphatic rings. The van der Waals surface area contributed by atoms with Crippen molar-refractivity contribution in [2.45, 2.75) is 50.2 Å². The molecule has 5 rings (SSSR count). The summed E-state index contributed by atoms with van der Waals surface area (Å²) < 4.78 is 40.4. The molecule has 42 heavy (non-hydrogen) atoms. The Hall–Kier alpha value is -3.51. The van der Waals surface area contributed by atoms with E-state index in [-0.39, 0.29) is 39.3 Å². The maximum atomic E-state index is 13.5. The Bertz CT molecular complexity index is 1660. The van der Waals surface area contributed by atoms with E-state index in [0.29, 0.717) is 24.5 Å². The molecule has 10 nitrogen and oxygen atoms in total. The van der Waals surface area contributed by atoms with Crippen LogP contribution in [0.4, 0.5) is 0 Å². The van der Waals surface area contributed by atoms with Gasteiger partial charge < -0.3 is 15.0 Å². The van der Waals surface area contributed by atoms with Crippen molar-refractivity contribution in [3.8, 4) is 5.75 Å². The molecule has 2 atom stereocenters. The van der Waals surface area contributed by atoms with E-state index in [1.54, 1.807) is 24.3 Å². The number of hydrogen-bond donors (Lipinski definition) is 2. The van der Waals surface area contributed by atoms with Crippen molar-refractivity contribution in [2.24, 2.45) is 5.92 Å². The van der Waals surface area contributed by atoms with Crippen molar-refractivity contribution in [3.05, 3.63) is 82.4 Å². The van der Waals surface area contributed by atoms with Gasteiger partial charge in [0, 0.05) is 31.5 Å². The summed E-state index contributed by atoms with van der Waals surface area (Å²) in [6, 6.07) is 16.7. The highest BCUT2D eigenvalue weighted by molar-refractivity contribution is 7.89. The van der Waals surface area contributed by atoms with Crippen molar-refractivity contribution in [1.82, 2.24) is 25.3 Å². The molecule has 4 aromatic rings. The van der Waals surface area contributed by atoms with E-state index < -0.39 is 16.1 Å². The molecule has 222 valence electrons. The van der Waals surface area contributed by atoms with Gasteiger partial charge in [0.05, 0.1) is 23.7 Å². The first kappa shape index (κ1) is 30.0. The van der Waals surface area contributed by atoms with Crippen molar-refractivity contribution in [1.29, 1.82) is 0 Å². The van der Waals surface area contributed by atoms with Crippen LogP contribution in [0, 0.1) is 5.92 Å². The van der Waals surface area contributed by atoms with Crippen molar-refractivity contribution in [3.63, 3.8) is 0 Å². The molecule has 0 aliphatic carbocycles. The molecule has 2 unspecified atom stereocenters. The fraction of sp³-hybridized carbons (Fsp3) is 0.367. The fourth-order valence-corrected chi connectivity index (χ4v) is 6.86. The van der Waals surface area contributed by atoms with Crippen LogP contribution in [0.15, 0.2) is 70.2 Å². The lowest BCUT2D eigenvalue weighted by Gasteiger charge is -2.28. The van der Waals surface area contributed by atoms with E-state index in [2.05, 4.69) is 52.2 Å². The molecule has 3 aromatic carbocycles. The third kappa shape index (κ3) is 6.92. The van der Waals surface area contributed by atoms with E-state index in [4.69, 9.17) is 21.0 Å². The van der Waals surface area contributed by atoms with Gasteiger partial charge in [0.1, 0.15) is 10.6 Å². The van der Waals surface area contributed by atoms with Gasteiger partial charge >= 0.3 is 0 Å². The maximum absolute atomic E-state index is 13.5. The molecule has 2 heterocycles. The highest BCUT2D eigenvalue weighted by Crippen LogP contribution is 2.34. The molecule has 0 saturated carbocycles. The summed E-state index contributed by atoms with van der Waals surface area (Å²) in [4.78, 5) is 15.5. The molecule has 1 aliphatic heterocycles. The van der Waals surface area contributed by atoms with E-state index >= 15 is 0 Å². The number of carbonyl (C=O) groups excluding carboxylic acids is 1. The largest absolute Gasteiger partial charge is 0.493 e. The SMILES string of the molecule is CC(C)CN(C)Cc1ccc2c(c1)OCCC2NC(=O)CC(NS(=O)(=O)c1ccc(Cl)c2nonc12)c1ccccc1. The zero-order valence-electron chi connectivity index (χ0n) is 23.7. The Kier molecular flexibility index (Phi) is 9.12. The standard InChI is InChI=1S/C30H34ClN5O5S/c1-19(2)17-36(3)18-20-9-10-22-24(13-14-40-26(22)15-20)32-28(37)16-25(21-7-5-4-6-8-21)35-42(38,39)27-12-11-23(31)29-30(27)34-41-33-29/h4-12,15,19,24-25,35H,13-14,16-18H2,1-3H3,(H,32,37). The lowest BCUT2D eigenvalue weighted by Crippen LogP contribution is -2.36. The van der Waals surface area contributed by atoms with Crippen LogP contribution in [0.5, 0.6) is 5.75 Å². The number of halogens is 1. The van der Waals surface area contributed by atoms with Gasteiger partial charge in [-0.25, -0.2) is 17.8 Å². The molecule has 1 amide bonds. The molecule has 0 saturated heterocycles. The molecular weight excluding hydrogens is 578 g/mol. The van der Waals surface area contributed by atoms with Crippen LogP contribution in [0.25, 0.3) is 11.0 Å². The zero-order valence-corrected chi connectivity index (χ0v) is 25.3. The van der Waals surface area contributed by atoms with Crippen LogP contribution in [0.1, 0.15) is 55.5 Å². The first-order valence-corrected chi connectivity index (χ1v) is 15.7. The van der Waals surface area contributed by atoms with E-state index in [1.807, 2.05) is 18.2 Å². The third-order valence-corrected chi connectivity index (χ3v) is 8.90. The number of aromatic nitrogens is 2. The average Bonchev–Trinajstić information content (AvgIpc) is 3.43. The number of hydrogen-bond acceptors (Lipinski definition) is 8. The minimum Gasteiger partial charge on any atom is -0.493 e. The zero-order chi connectivity index (χ0) is 29.9. The molecular formula is C30H34ClN5O5S. The van der Waals surface area contributed by atoms with Crippen molar-refractivity contribution in [2.75, 3.05) is 20.2 Å². The van der Waals surface area contributed by atoms with Crippen molar-refractivity contribution < 1.29 is 22.6 Å². The van der Waals surface area contributed by atoms with E-state index in [9.17, 15) is 13.2 Å². The lowest BCUT2D eigenvalue weighted by atomic mass is 9.97. The average molecular weight is 612 g/mol. The molecule has 0 bridgehead atoms. The van der Waals surface area contributed by atoms with E-state index in [0.717, 1.165) is 30.0 Å². The summed E-state index contributed by atoms with van der Waals surface area (Å²) in [5.74, 6) is 1.03. The molecule has 1 aromatic heterocycles. The fourth-order valence-electron chi connectivity index (χ4n) is 5.31. The minimum absolute atomic E-state index is 0.0137. The summed E-state index contributed by atoms with van der Waals surface area (Å²) in [6.07, 6.45) is 0.483. The number of carbonyl (C=O) groups is 1. The number of ether oxygens (including phenoxy) is 1. The third-order valence-electron chi connectivity index (χ3n) is 7.09. The molecule has 0 fully saturated rings. The van der Waals surface area contributed by atoms with Gasteiger partial charge in [0.15, 0.2) is 11.0 Å². The number of benzene rings is 3. The quantitative estimate of drug-likeness (QED) is 0.242. The minimum atomic E-state index is -4.15. The molecule has 0 radical (unpaired) electrons. The van der Waals surface area contributed by atoms with Crippen LogP contribution in [-0.2, 0) is 21.4 Å². The van der Waals surface area contributed by atoms with E-state index in [1.165, 1.54) is 12.1 Å². The summed E-state index contributed by atoms with van der Waals surface area (Å²) >= 11 is 6.13. The first-order chi connectivity index (χ1) is 20.1. The van der Waals surface area contributed by atoms with Gasteiger partial charge in [-0.15, -0.1) is 0 Å². The number of nitrogens with zero attached hydrogens (tertiary/aromatic N) is 3. The topological polar surface area (TPSA) is 127 Å². The van der Waals surface area contributed by atoms with Crippen LogP contribution >= 0.6 is 11.6 Å². The summed E-state index contributed by atoms with van der Waals surface area (Å²) in [5.41, 5.74) is 2.84. The number of sulfonamides is 1.